The van der Waals surface area contributed by atoms with Crippen LogP contribution in [0.25, 0.3) is 0 Å². The van der Waals surface area contributed by atoms with E-state index in [0.29, 0.717) is 12.5 Å². The summed E-state index contributed by atoms with van der Waals surface area (Å²) >= 11 is 0. The van der Waals surface area contributed by atoms with Gasteiger partial charge in [0.1, 0.15) is 5.82 Å². The van der Waals surface area contributed by atoms with Crippen molar-refractivity contribution in [2.45, 2.75) is 46.0 Å². The lowest BCUT2D eigenvalue weighted by atomic mass is 9.89. The molecular weight excluding hydrogens is 238 g/mol. The molecule has 0 amide bonds. The fraction of sp³-hybridized carbons (Fsp3) is 0.733. The van der Waals surface area contributed by atoms with E-state index in [9.17, 15) is 0 Å². The first-order chi connectivity index (χ1) is 9.00. The van der Waals surface area contributed by atoms with Crippen molar-refractivity contribution in [2.75, 3.05) is 19.8 Å². The van der Waals surface area contributed by atoms with Crippen molar-refractivity contribution in [3.8, 4) is 0 Å². The van der Waals surface area contributed by atoms with E-state index in [1.807, 2.05) is 6.92 Å². The van der Waals surface area contributed by atoms with E-state index in [1.165, 1.54) is 5.69 Å². The SMILES string of the molecule is Cc1cc(C2CCOCC2)nc(CC(C)(C)CN)n1. The van der Waals surface area contributed by atoms with Crippen LogP contribution >= 0.6 is 0 Å². The maximum atomic E-state index is 5.80. The van der Waals surface area contributed by atoms with Crippen LogP contribution in [-0.4, -0.2) is 29.7 Å². The van der Waals surface area contributed by atoms with Crippen molar-refractivity contribution in [3.05, 3.63) is 23.3 Å². The van der Waals surface area contributed by atoms with Gasteiger partial charge in [0, 0.05) is 36.9 Å². The van der Waals surface area contributed by atoms with Gasteiger partial charge in [0.25, 0.3) is 0 Å². The van der Waals surface area contributed by atoms with E-state index in [-0.39, 0.29) is 5.41 Å². The summed E-state index contributed by atoms with van der Waals surface area (Å²) in [7, 11) is 0. The maximum absolute atomic E-state index is 5.80. The number of ether oxygens (including phenoxy) is 1. The highest BCUT2D eigenvalue weighted by molar-refractivity contribution is 5.15. The van der Waals surface area contributed by atoms with Crippen LogP contribution in [0.4, 0.5) is 0 Å². The zero-order chi connectivity index (χ0) is 13.9. The Labute approximate surface area is 115 Å². The lowest BCUT2D eigenvalue weighted by Crippen LogP contribution is -2.27. The normalized spacial score (nSPS) is 17.7. The highest BCUT2D eigenvalue weighted by Gasteiger charge is 2.21. The first-order valence-corrected chi connectivity index (χ1v) is 7.12. The number of nitrogens with zero attached hydrogens (tertiary/aromatic N) is 2. The lowest BCUT2D eigenvalue weighted by molar-refractivity contribution is 0.0844. The van der Waals surface area contributed by atoms with E-state index in [0.717, 1.165) is 44.0 Å². The van der Waals surface area contributed by atoms with Crippen molar-refractivity contribution in [1.29, 1.82) is 0 Å². The van der Waals surface area contributed by atoms with Gasteiger partial charge >= 0.3 is 0 Å². The largest absolute Gasteiger partial charge is 0.381 e. The third kappa shape index (κ3) is 3.98. The van der Waals surface area contributed by atoms with Gasteiger partial charge < -0.3 is 10.5 Å². The van der Waals surface area contributed by atoms with E-state index < -0.39 is 0 Å². The van der Waals surface area contributed by atoms with Gasteiger partial charge in [-0.05, 0) is 37.8 Å². The minimum atomic E-state index is 0.0563. The Balaban J connectivity index is 2.19. The van der Waals surface area contributed by atoms with E-state index in [1.54, 1.807) is 0 Å². The van der Waals surface area contributed by atoms with Gasteiger partial charge in [0.15, 0.2) is 0 Å². The Morgan fingerprint density at radius 3 is 2.63 bits per heavy atom. The Bertz CT molecular complexity index is 425. The Morgan fingerprint density at radius 1 is 1.32 bits per heavy atom. The average Bonchev–Trinajstić information content (AvgIpc) is 2.38. The second kappa shape index (κ2) is 5.97. The molecule has 2 heterocycles. The third-order valence-corrected chi connectivity index (χ3v) is 3.75. The van der Waals surface area contributed by atoms with Gasteiger partial charge in [0.2, 0.25) is 0 Å². The van der Waals surface area contributed by atoms with Crippen LogP contribution in [0, 0.1) is 12.3 Å². The van der Waals surface area contributed by atoms with Crippen molar-refractivity contribution >= 4 is 0 Å². The Hall–Kier alpha value is -1.00. The van der Waals surface area contributed by atoms with Crippen molar-refractivity contribution < 1.29 is 4.74 Å². The predicted molar refractivity (Wildman–Crippen MR) is 76.1 cm³/mol. The maximum Gasteiger partial charge on any atom is 0.129 e. The molecule has 0 aromatic carbocycles. The topological polar surface area (TPSA) is 61.0 Å². The van der Waals surface area contributed by atoms with Gasteiger partial charge in [-0.2, -0.15) is 0 Å². The summed E-state index contributed by atoms with van der Waals surface area (Å²) in [5.41, 5.74) is 8.09. The zero-order valence-electron chi connectivity index (χ0n) is 12.3. The molecule has 1 aromatic heterocycles. The van der Waals surface area contributed by atoms with Crippen LogP contribution < -0.4 is 5.73 Å². The molecule has 0 aliphatic carbocycles. The summed E-state index contributed by atoms with van der Waals surface area (Å²) in [5, 5.41) is 0. The molecule has 0 bridgehead atoms. The molecule has 106 valence electrons. The van der Waals surface area contributed by atoms with Gasteiger partial charge in [-0.25, -0.2) is 9.97 Å². The average molecular weight is 263 g/mol. The smallest absolute Gasteiger partial charge is 0.129 e. The summed E-state index contributed by atoms with van der Waals surface area (Å²) in [4.78, 5) is 9.33. The van der Waals surface area contributed by atoms with Crippen LogP contribution in [0.2, 0.25) is 0 Å². The predicted octanol–water partition coefficient (Wildman–Crippen LogP) is 2.21. The molecule has 0 radical (unpaired) electrons. The monoisotopic (exact) mass is 263 g/mol. The molecule has 1 aliphatic rings. The summed E-state index contributed by atoms with van der Waals surface area (Å²) in [6, 6.07) is 2.12. The lowest BCUT2D eigenvalue weighted by Gasteiger charge is -2.24. The van der Waals surface area contributed by atoms with E-state index in [2.05, 4.69) is 24.9 Å². The molecule has 0 atom stereocenters. The van der Waals surface area contributed by atoms with Gasteiger partial charge in [0.05, 0.1) is 0 Å². The number of aromatic nitrogens is 2. The molecule has 0 unspecified atom stereocenters. The second-order valence-electron chi connectivity index (χ2n) is 6.28. The molecule has 4 nitrogen and oxygen atoms in total. The second-order valence-corrected chi connectivity index (χ2v) is 6.28. The molecule has 0 saturated carbocycles. The molecule has 1 aromatic rings. The summed E-state index contributed by atoms with van der Waals surface area (Å²) in [6.07, 6.45) is 2.97. The van der Waals surface area contributed by atoms with Gasteiger partial charge in [-0.15, -0.1) is 0 Å². The van der Waals surface area contributed by atoms with Gasteiger partial charge in [-0.1, -0.05) is 13.8 Å². The summed E-state index contributed by atoms with van der Waals surface area (Å²) in [5.74, 6) is 1.45. The highest BCUT2D eigenvalue weighted by atomic mass is 16.5. The van der Waals surface area contributed by atoms with Gasteiger partial charge in [-0.3, -0.25) is 0 Å². The van der Waals surface area contributed by atoms with Crippen LogP contribution in [0.15, 0.2) is 6.07 Å². The number of hydrogen-bond acceptors (Lipinski definition) is 4. The van der Waals surface area contributed by atoms with Crippen molar-refractivity contribution in [2.24, 2.45) is 11.1 Å². The van der Waals surface area contributed by atoms with Crippen LogP contribution in [0.5, 0.6) is 0 Å². The van der Waals surface area contributed by atoms with E-state index >= 15 is 0 Å². The molecule has 4 heteroatoms. The molecule has 1 aliphatic heterocycles. The summed E-state index contributed by atoms with van der Waals surface area (Å²) < 4.78 is 5.42. The minimum absolute atomic E-state index is 0.0563. The van der Waals surface area contributed by atoms with E-state index in [4.69, 9.17) is 15.5 Å². The molecular formula is C15H25N3O. The quantitative estimate of drug-likeness (QED) is 0.904. The number of aryl methyl sites for hydroxylation is 1. The number of hydrogen-bond donors (Lipinski definition) is 1. The Kier molecular flexibility index (Phi) is 4.53. The standard InChI is InChI=1S/C15H25N3O/c1-11-8-13(12-4-6-19-7-5-12)18-14(17-11)9-15(2,3)10-16/h8,12H,4-7,9-10,16H2,1-3H3. The fourth-order valence-electron chi connectivity index (χ4n) is 2.44. The first kappa shape index (κ1) is 14.4. The molecule has 0 spiro atoms. The third-order valence-electron chi connectivity index (χ3n) is 3.75. The van der Waals surface area contributed by atoms with Crippen LogP contribution in [0.3, 0.4) is 0 Å². The van der Waals surface area contributed by atoms with Crippen molar-refractivity contribution in [1.82, 2.24) is 9.97 Å². The first-order valence-electron chi connectivity index (χ1n) is 7.12. The number of rotatable bonds is 4. The highest BCUT2D eigenvalue weighted by Crippen LogP contribution is 2.27. The summed E-state index contributed by atoms with van der Waals surface area (Å²) in [6.45, 7) is 8.70. The molecule has 2 rings (SSSR count). The Morgan fingerprint density at radius 2 is 2.00 bits per heavy atom. The van der Waals surface area contributed by atoms with Crippen molar-refractivity contribution in [3.63, 3.8) is 0 Å². The fourth-order valence-corrected chi connectivity index (χ4v) is 2.44. The molecule has 2 N–H and O–H groups in total. The van der Waals surface area contributed by atoms with Crippen LogP contribution in [-0.2, 0) is 11.2 Å². The minimum Gasteiger partial charge on any atom is -0.381 e. The molecule has 1 saturated heterocycles. The molecule has 1 fully saturated rings. The zero-order valence-corrected chi connectivity index (χ0v) is 12.3. The van der Waals surface area contributed by atoms with Crippen LogP contribution in [0.1, 0.15) is 49.8 Å². The number of nitrogens with two attached hydrogens (primary N) is 1. The molecule has 19 heavy (non-hydrogen) atoms.